The number of para-hydroxylation sites is 2. The number of benzene rings is 3. The quantitative estimate of drug-likeness (QED) is 0.523. The van der Waals surface area contributed by atoms with Crippen LogP contribution in [0.2, 0.25) is 0 Å². The molecule has 0 heterocycles. The maximum Gasteiger partial charge on any atom is 0.419 e. The Balaban J connectivity index is 1.55. The highest BCUT2D eigenvalue weighted by molar-refractivity contribution is 5.96. The number of hydrogen-bond donors (Lipinski definition) is 1. The minimum atomic E-state index is -1.94. The van der Waals surface area contributed by atoms with Crippen LogP contribution in [-0.2, 0) is 27.2 Å². The highest BCUT2D eigenvalue weighted by Crippen LogP contribution is 2.32. The lowest BCUT2D eigenvalue weighted by Crippen LogP contribution is -2.46. The summed E-state index contributed by atoms with van der Waals surface area (Å²) in [5.74, 6) is -1.52. The van der Waals surface area contributed by atoms with Crippen LogP contribution in [0, 0.1) is 0 Å². The molecule has 0 fully saturated rings. The lowest BCUT2D eigenvalue weighted by atomic mass is 9.91. The Hall–Kier alpha value is -4.17. The van der Waals surface area contributed by atoms with Crippen LogP contribution in [0.4, 0.5) is 16.2 Å². The highest BCUT2D eigenvalue weighted by atomic mass is 16.6. The van der Waals surface area contributed by atoms with E-state index < -0.39 is 36.7 Å². The summed E-state index contributed by atoms with van der Waals surface area (Å²) < 4.78 is 10.8. The number of carbonyl (C=O) groups excluding carboxylic acids is 3. The van der Waals surface area contributed by atoms with Gasteiger partial charge in [0.15, 0.2) is 11.4 Å². The van der Waals surface area contributed by atoms with Gasteiger partial charge in [-0.15, -0.1) is 0 Å². The Morgan fingerprint density at radius 3 is 2.14 bits per heavy atom. The molecule has 0 saturated carbocycles. The molecule has 0 saturated heterocycles. The standard InChI is InChI=1S/C27H25NO7/c29-24-15-14-22-19(8-7-13-23(22)34-17-25(30)31)16-27(24,33)18-35-26(32)28(20-9-3-1-4-10-20)21-11-5-2-6-12-21/h1-13,33H,14-18H2,(H,30,31)/p-1. The molecule has 1 N–H and O–H groups in total. The third kappa shape index (κ3) is 5.50. The van der Waals surface area contributed by atoms with Crippen LogP contribution < -0.4 is 14.7 Å². The van der Waals surface area contributed by atoms with E-state index >= 15 is 0 Å². The van der Waals surface area contributed by atoms with Gasteiger partial charge in [-0.05, 0) is 47.9 Å². The van der Waals surface area contributed by atoms with Crippen molar-refractivity contribution in [3.05, 3.63) is 90.0 Å². The predicted octanol–water partition coefficient (Wildman–Crippen LogP) is 2.58. The van der Waals surface area contributed by atoms with Crippen molar-refractivity contribution in [2.24, 2.45) is 0 Å². The van der Waals surface area contributed by atoms with Crippen LogP contribution in [-0.4, -0.2) is 41.8 Å². The van der Waals surface area contributed by atoms with E-state index in [1.54, 1.807) is 66.7 Å². The first-order valence-corrected chi connectivity index (χ1v) is 11.1. The molecule has 1 aliphatic carbocycles. The van der Waals surface area contributed by atoms with E-state index in [4.69, 9.17) is 9.47 Å². The third-order valence-electron chi connectivity index (χ3n) is 5.83. The number of aliphatic carboxylic acids is 1. The van der Waals surface area contributed by atoms with Crippen molar-refractivity contribution in [2.45, 2.75) is 24.9 Å². The van der Waals surface area contributed by atoms with Gasteiger partial charge in [0.05, 0.1) is 17.3 Å². The normalized spacial score (nSPS) is 17.1. The summed E-state index contributed by atoms with van der Waals surface area (Å²) in [5.41, 5.74) is 0.464. The summed E-state index contributed by atoms with van der Waals surface area (Å²) in [6, 6.07) is 22.8. The maximum atomic E-state index is 13.2. The number of hydrogen-bond acceptors (Lipinski definition) is 7. The summed E-state index contributed by atoms with van der Waals surface area (Å²) >= 11 is 0. The number of ketones is 1. The van der Waals surface area contributed by atoms with Crippen molar-refractivity contribution in [3.63, 3.8) is 0 Å². The molecule has 0 aliphatic heterocycles. The molecule has 8 heteroatoms. The monoisotopic (exact) mass is 474 g/mol. The van der Waals surface area contributed by atoms with Crippen molar-refractivity contribution < 1.29 is 34.1 Å². The second-order valence-electron chi connectivity index (χ2n) is 8.25. The predicted molar refractivity (Wildman–Crippen MR) is 125 cm³/mol. The minimum Gasteiger partial charge on any atom is -0.546 e. The van der Waals surface area contributed by atoms with Crippen LogP contribution in [0.15, 0.2) is 78.9 Å². The summed E-state index contributed by atoms with van der Waals surface area (Å²) in [5, 5.41) is 22.0. The van der Waals surface area contributed by atoms with Gasteiger partial charge in [0.25, 0.3) is 0 Å². The summed E-state index contributed by atoms with van der Waals surface area (Å²) in [7, 11) is 0. The zero-order valence-corrected chi connectivity index (χ0v) is 18.9. The van der Waals surface area contributed by atoms with Crippen molar-refractivity contribution in [1.82, 2.24) is 0 Å². The average molecular weight is 474 g/mol. The Bertz CT molecular complexity index is 1170. The molecule has 1 aliphatic rings. The van der Waals surface area contributed by atoms with E-state index in [1.807, 2.05) is 12.1 Å². The Morgan fingerprint density at radius 2 is 1.54 bits per heavy atom. The van der Waals surface area contributed by atoms with Crippen molar-refractivity contribution in [1.29, 1.82) is 0 Å². The molecule has 8 nitrogen and oxygen atoms in total. The van der Waals surface area contributed by atoms with Crippen molar-refractivity contribution >= 4 is 29.2 Å². The molecule has 0 radical (unpaired) electrons. The van der Waals surface area contributed by atoms with E-state index in [2.05, 4.69) is 0 Å². The van der Waals surface area contributed by atoms with Gasteiger partial charge in [-0.2, -0.15) is 0 Å². The van der Waals surface area contributed by atoms with E-state index in [0.717, 1.165) is 0 Å². The van der Waals surface area contributed by atoms with Crippen LogP contribution in [0.25, 0.3) is 0 Å². The van der Waals surface area contributed by atoms with E-state index in [0.29, 0.717) is 28.3 Å². The Kier molecular flexibility index (Phi) is 7.12. The smallest absolute Gasteiger partial charge is 0.419 e. The van der Waals surface area contributed by atoms with Gasteiger partial charge in [0, 0.05) is 12.8 Å². The van der Waals surface area contributed by atoms with Crippen LogP contribution in [0.3, 0.4) is 0 Å². The first-order valence-electron chi connectivity index (χ1n) is 11.1. The molecule has 1 unspecified atom stereocenters. The van der Waals surface area contributed by atoms with Crippen LogP contribution in [0.5, 0.6) is 5.75 Å². The number of carboxylic acids is 1. The molecule has 180 valence electrons. The molecular weight excluding hydrogens is 450 g/mol. The average Bonchev–Trinajstić information content (AvgIpc) is 2.99. The largest absolute Gasteiger partial charge is 0.546 e. The van der Waals surface area contributed by atoms with Gasteiger partial charge in [-0.1, -0.05) is 48.5 Å². The number of amides is 1. The summed E-state index contributed by atoms with van der Waals surface area (Å²) in [6.45, 7) is -1.16. The SMILES string of the molecule is O=C([O-])COc1cccc2c1CCC(=O)C(O)(COC(=O)N(c1ccccc1)c1ccccc1)C2. The zero-order chi connectivity index (χ0) is 24.8. The molecular formula is C27H24NO7-. The molecule has 1 amide bonds. The van der Waals surface area contributed by atoms with Gasteiger partial charge in [0.1, 0.15) is 19.0 Å². The molecule has 3 aromatic rings. The number of ether oxygens (including phenoxy) is 2. The fraction of sp³-hybridized carbons (Fsp3) is 0.222. The van der Waals surface area contributed by atoms with Crippen LogP contribution >= 0.6 is 0 Å². The maximum absolute atomic E-state index is 13.2. The van der Waals surface area contributed by atoms with Gasteiger partial charge in [-0.25, -0.2) is 9.69 Å². The van der Waals surface area contributed by atoms with E-state index in [1.165, 1.54) is 4.90 Å². The number of aliphatic hydroxyl groups is 1. The van der Waals surface area contributed by atoms with Gasteiger partial charge < -0.3 is 24.5 Å². The number of rotatable bonds is 7. The fourth-order valence-corrected chi connectivity index (χ4v) is 4.11. The molecule has 0 aromatic heterocycles. The fourth-order valence-electron chi connectivity index (χ4n) is 4.11. The number of Topliss-reactive ketones (excluding diaryl/α,β-unsaturated/α-hetero) is 1. The lowest BCUT2D eigenvalue weighted by molar-refractivity contribution is -0.307. The number of carbonyl (C=O) groups is 3. The molecule has 35 heavy (non-hydrogen) atoms. The topological polar surface area (TPSA) is 116 Å². The molecule has 0 spiro atoms. The summed E-state index contributed by atoms with van der Waals surface area (Å²) in [4.78, 5) is 38.2. The number of anilines is 2. The zero-order valence-electron chi connectivity index (χ0n) is 18.9. The lowest BCUT2D eigenvalue weighted by Gasteiger charge is -2.28. The highest BCUT2D eigenvalue weighted by Gasteiger charge is 2.40. The first-order chi connectivity index (χ1) is 16.9. The van der Waals surface area contributed by atoms with Gasteiger partial charge >= 0.3 is 6.09 Å². The molecule has 3 aromatic carbocycles. The van der Waals surface area contributed by atoms with E-state index in [-0.39, 0.29) is 19.3 Å². The van der Waals surface area contributed by atoms with Crippen molar-refractivity contribution in [3.8, 4) is 5.75 Å². The molecule has 4 rings (SSSR count). The van der Waals surface area contributed by atoms with Crippen molar-refractivity contribution in [2.75, 3.05) is 18.1 Å². The van der Waals surface area contributed by atoms with Gasteiger partial charge in [0.2, 0.25) is 0 Å². The number of fused-ring (bicyclic) bond motifs is 1. The number of carboxylic acid groups (broad SMARTS) is 1. The molecule has 0 bridgehead atoms. The minimum absolute atomic E-state index is 0.0200. The number of nitrogens with zero attached hydrogens (tertiary/aromatic N) is 1. The van der Waals surface area contributed by atoms with Crippen LogP contribution in [0.1, 0.15) is 17.5 Å². The Labute approximate surface area is 202 Å². The second-order valence-corrected chi connectivity index (χ2v) is 8.25. The second kappa shape index (κ2) is 10.4. The van der Waals surface area contributed by atoms with E-state index in [9.17, 15) is 24.6 Å². The third-order valence-corrected chi connectivity index (χ3v) is 5.83. The van der Waals surface area contributed by atoms with Gasteiger partial charge in [-0.3, -0.25) is 4.79 Å². The first kappa shape index (κ1) is 24.0. The molecule has 1 atom stereocenters. The Morgan fingerprint density at radius 1 is 0.914 bits per heavy atom. The summed E-state index contributed by atoms with van der Waals surface area (Å²) in [6.07, 6.45) is -0.603.